The number of aromatic amines is 2. The molecule has 4 rings (SSSR count). The molecule has 36 heavy (non-hydrogen) atoms. The maximum absolute atomic E-state index is 13.2. The second-order valence-corrected chi connectivity index (χ2v) is 11.0. The van der Waals surface area contributed by atoms with E-state index in [-0.39, 0.29) is 18.6 Å². The van der Waals surface area contributed by atoms with Crippen LogP contribution in [-0.2, 0) is 20.5 Å². The predicted molar refractivity (Wildman–Crippen MR) is 142 cm³/mol. The number of fused-ring (bicyclic) bond motifs is 1. The van der Waals surface area contributed by atoms with Crippen molar-refractivity contribution >= 4 is 42.3 Å². The maximum Gasteiger partial charge on any atom is 0.323 e. The van der Waals surface area contributed by atoms with Crippen molar-refractivity contribution in [2.75, 3.05) is 6.61 Å². The summed E-state index contributed by atoms with van der Waals surface area (Å²) >= 11 is 1.41. The van der Waals surface area contributed by atoms with Crippen molar-refractivity contribution in [1.82, 2.24) is 20.0 Å². The highest BCUT2D eigenvalue weighted by Gasteiger charge is 2.26. The number of carbonyl (C=O) groups excluding carboxylic acids is 1. The van der Waals surface area contributed by atoms with E-state index in [1.807, 2.05) is 54.6 Å². The molecule has 2 heterocycles. The number of benzene rings is 2. The van der Waals surface area contributed by atoms with Crippen LogP contribution in [0.15, 0.2) is 87.5 Å². The first-order valence-electron chi connectivity index (χ1n) is 11.2. The lowest BCUT2D eigenvalue weighted by molar-refractivity contribution is -0.145. The number of nitrogens with zero attached hydrogens (tertiary/aromatic N) is 1. The topological polar surface area (TPSA) is 143 Å². The van der Waals surface area contributed by atoms with Crippen molar-refractivity contribution in [2.24, 2.45) is 5.50 Å². The number of esters is 1. The van der Waals surface area contributed by atoms with Crippen molar-refractivity contribution in [1.29, 1.82) is 0 Å². The van der Waals surface area contributed by atoms with Crippen molar-refractivity contribution in [3.8, 4) is 0 Å². The normalized spacial score (nSPS) is 14.1. The van der Waals surface area contributed by atoms with Gasteiger partial charge in [0, 0.05) is 16.9 Å². The highest BCUT2D eigenvalue weighted by Crippen LogP contribution is 2.38. The van der Waals surface area contributed by atoms with Gasteiger partial charge in [0.05, 0.1) is 17.8 Å². The Morgan fingerprint density at radius 2 is 1.92 bits per heavy atom. The fourth-order valence-electron chi connectivity index (χ4n) is 3.59. The molecule has 5 N–H and O–H groups in total. The van der Waals surface area contributed by atoms with Crippen LogP contribution >= 0.6 is 19.2 Å². The third-order valence-electron chi connectivity index (χ3n) is 5.26. The van der Waals surface area contributed by atoms with E-state index in [2.05, 4.69) is 20.0 Å². The van der Waals surface area contributed by atoms with Gasteiger partial charge in [-0.2, -0.15) is 0 Å². The van der Waals surface area contributed by atoms with E-state index < -0.39 is 19.5 Å². The van der Waals surface area contributed by atoms with Gasteiger partial charge in [0.2, 0.25) is 7.44 Å². The van der Waals surface area contributed by atoms with Crippen LogP contribution in [0.25, 0.3) is 17.1 Å². The summed E-state index contributed by atoms with van der Waals surface area (Å²) in [6, 6.07) is 16.0. The lowest BCUT2D eigenvalue weighted by Crippen LogP contribution is -2.39. The summed E-state index contributed by atoms with van der Waals surface area (Å²) in [5.41, 5.74) is 8.49. The van der Waals surface area contributed by atoms with Gasteiger partial charge in [-0.1, -0.05) is 60.3 Å². The number of hydrogen-bond acceptors (Lipinski definition) is 6. The van der Waals surface area contributed by atoms with Crippen LogP contribution in [0, 0.1) is 0 Å². The SMILES string of the molecule is CCOC(=O)C(Cc1ccccc1)NP(N)(=O)/C=C/c1ccccc1Sc1c[nH]c2c(=O)[nH]cnc12. The largest absolute Gasteiger partial charge is 0.465 e. The summed E-state index contributed by atoms with van der Waals surface area (Å²) in [6.07, 6.45) is 5.03. The Balaban J connectivity index is 1.54. The van der Waals surface area contributed by atoms with E-state index in [1.165, 1.54) is 23.9 Å². The first-order valence-corrected chi connectivity index (χ1v) is 13.9. The first-order chi connectivity index (χ1) is 17.4. The van der Waals surface area contributed by atoms with Crippen molar-refractivity contribution in [3.63, 3.8) is 0 Å². The lowest BCUT2D eigenvalue weighted by Gasteiger charge is -2.20. The lowest BCUT2D eigenvalue weighted by atomic mass is 10.1. The smallest absolute Gasteiger partial charge is 0.323 e. The summed E-state index contributed by atoms with van der Waals surface area (Å²) in [4.78, 5) is 35.9. The minimum atomic E-state index is -3.57. The molecular weight excluding hydrogens is 497 g/mol. The molecule has 186 valence electrons. The molecule has 4 aromatic rings. The number of carbonyl (C=O) groups is 1. The average Bonchev–Trinajstić information content (AvgIpc) is 3.28. The molecule has 0 amide bonds. The molecule has 2 unspecified atom stereocenters. The summed E-state index contributed by atoms with van der Waals surface area (Å²) in [6.45, 7) is 1.92. The van der Waals surface area contributed by atoms with E-state index in [0.29, 0.717) is 11.0 Å². The Hall–Kier alpha value is -3.43. The monoisotopic (exact) mass is 523 g/mol. The molecule has 2 aromatic heterocycles. The fraction of sp³-hybridized carbons (Fsp3) is 0.160. The van der Waals surface area contributed by atoms with E-state index >= 15 is 0 Å². The van der Waals surface area contributed by atoms with Crippen LogP contribution < -0.4 is 16.2 Å². The summed E-state index contributed by atoms with van der Waals surface area (Å²) < 4.78 is 18.4. The molecule has 11 heteroatoms. The Morgan fingerprint density at radius 1 is 1.17 bits per heavy atom. The first kappa shape index (κ1) is 25.7. The minimum Gasteiger partial charge on any atom is -0.465 e. The van der Waals surface area contributed by atoms with Crippen LogP contribution in [0.1, 0.15) is 18.1 Å². The zero-order chi connectivity index (χ0) is 25.5. The molecule has 9 nitrogen and oxygen atoms in total. The Morgan fingerprint density at radius 3 is 2.69 bits per heavy atom. The zero-order valence-corrected chi connectivity index (χ0v) is 21.2. The molecule has 0 saturated carbocycles. The van der Waals surface area contributed by atoms with Gasteiger partial charge < -0.3 is 14.7 Å². The van der Waals surface area contributed by atoms with Crippen molar-refractivity contribution < 1.29 is 14.1 Å². The highest BCUT2D eigenvalue weighted by molar-refractivity contribution is 7.99. The van der Waals surface area contributed by atoms with E-state index in [9.17, 15) is 14.2 Å². The third-order valence-corrected chi connectivity index (χ3v) is 7.69. The van der Waals surface area contributed by atoms with Crippen molar-refractivity contribution in [3.05, 3.63) is 94.4 Å². The predicted octanol–water partition coefficient (Wildman–Crippen LogP) is 4.29. The standard InChI is InChI=1S/C25H26N5O4PS/c1-2-34-25(32)19(14-17-8-4-3-5-9-17)30-35(26,33)13-12-18-10-6-7-11-20(18)36-21-15-27-23-22(21)28-16-29-24(23)31/h3-13,15-16,19,27H,2,14H2,1H3,(H3,26,30,33)(H,28,29,31)/b13-12+. The molecule has 0 radical (unpaired) electrons. The molecule has 0 aliphatic carbocycles. The molecule has 0 fully saturated rings. The van der Waals surface area contributed by atoms with Crippen LogP contribution in [0.5, 0.6) is 0 Å². The average molecular weight is 524 g/mol. The molecular formula is C25H26N5O4PS. The minimum absolute atomic E-state index is 0.204. The van der Waals surface area contributed by atoms with E-state index in [1.54, 1.807) is 19.2 Å². The van der Waals surface area contributed by atoms with Gasteiger partial charge in [-0.25, -0.2) is 10.1 Å². The number of hydrogen-bond donors (Lipinski definition) is 4. The van der Waals surface area contributed by atoms with Crippen LogP contribution in [0.4, 0.5) is 0 Å². The molecule has 0 aliphatic heterocycles. The van der Waals surface area contributed by atoms with Gasteiger partial charge in [-0.15, -0.1) is 0 Å². The van der Waals surface area contributed by atoms with E-state index in [0.717, 1.165) is 20.9 Å². The summed E-state index contributed by atoms with van der Waals surface area (Å²) in [7, 11) is -3.57. The number of rotatable bonds is 10. The van der Waals surface area contributed by atoms with Crippen LogP contribution in [0.3, 0.4) is 0 Å². The van der Waals surface area contributed by atoms with Gasteiger partial charge in [-0.05, 0) is 36.6 Å². The number of H-pyrrole nitrogens is 2. The quantitative estimate of drug-likeness (QED) is 0.178. The van der Waals surface area contributed by atoms with E-state index in [4.69, 9.17) is 10.2 Å². The second kappa shape index (κ2) is 11.5. The van der Waals surface area contributed by atoms with Crippen LogP contribution in [0.2, 0.25) is 0 Å². The van der Waals surface area contributed by atoms with Gasteiger partial charge in [0.15, 0.2) is 0 Å². The van der Waals surface area contributed by atoms with Gasteiger partial charge >= 0.3 is 5.97 Å². The number of nitrogens with two attached hydrogens (primary N) is 1. The number of ether oxygens (including phenoxy) is 1. The zero-order valence-electron chi connectivity index (χ0n) is 19.5. The summed E-state index contributed by atoms with van der Waals surface area (Å²) in [5.74, 6) is 0.875. The van der Waals surface area contributed by atoms with Crippen LogP contribution in [-0.4, -0.2) is 33.6 Å². The van der Waals surface area contributed by atoms with Crippen molar-refractivity contribution in [2.45, 2.75) is 29.2 Å². The number of aromatic nitrogens is 3. The summed E-state index contributed by atoms with van der Waals surface area (Å²) in [5, 5.41) is 2.80. The number of nitrogens with one attached hydrogen (secondary N) is 3. The van der Waals surface area contributed by atoms with Gasteiger partial charge in [-0.3, -0.25) is 19.7 Å². The molecule has 2 atom stereocenters. The molecule has 2 aromatic carbocycles. The molecule has 0 saturated heterocycles. The Kier molecular flexibility index (Phi) is 8.22. The van der Waals surface area contributed by atoms with Gasteiger partial charge in [0.1, 0.15) is 17.1 Å². The molecule has 0 spiro atoms. The molecule has 0 bridgehead atoms. The second-order valence-electron chi connectivity index (χ2n) is 7.90. The van der Waals surface area contributed by atoms with Gasteiger partial charge in [0.25, 0.3) is 5.56 Å². The third kappa shape index (κ3) is 6.41. The Labute approximate surface area is 212 Å². The Bertz CT molecular complexity index is 1480. The molecule has 0 aliphatic rings. The highest BCUT2D eigenvalue weighted by atomic mass is 32.2. The fourth-order valence-corrected chi connectivity index (χ4v) is 5.74. The maximum atomic E-state index is 13.2.